The summed E-state index contributed by atoms with van der Waals surface area (Å²) in [6.07, 6.45) is 3.93. The zero-order chi connectivity index (χ0) is 17.6. The fraction of sp³-hybridized carbons (Fsp3) is 0.368. The Morgan fingerprint density at radius 2 is 1.96 bits per heavy atom. The van der Waals surface area contributed by atoms with E-state index in [1.54, 1.807) is 13.2 Å². The van der Waals surface area contributed by atoms with Gasteiger partial charge < -0.3 is 9.88 Å². The van der Waals surface area contributed by atoms with Crippen LogP contribution in [0.25, 0.3) is 10.9 Å². The molecule has 0 amide bonds. The molecule has 0 saturated carbocycles. The van der Waals surface area contributed by atoms with Gasteiger partial charge in [-0.2, -0.15) is 5.10 Å². The van der Waals surface area contributed by atoms with Crippen molar-refractivity contribution in [1.82, 2.24) is 14.8 Å². The molecule has 0 unspecified atom stereocenters. The van der Waals surface area contributed by atoms with Gasteiger partial charge in [-0.25, -0.2) is 4.68 Å². The highest BCUT2D eigenvalue weighted by Crippen LogP contribution is 2.37. The first-order valence-electron chi connectivity index (χ1n) is 8.60. The number of halogens is 1. The highest BCUT2D eigenvalue weighted by molar-refractivity contribution is 9.10. The molecule has 1 aromatic carbocycles. The Bertz CT molecular complexity index is 983. The predicted molar refractivity (Wildman–Crippen MR) is 104 cm³/mol. The smallest absolute Gasteiger partial charge is 0.282 e. The number of hydrogen-bond donors (Lipinski definition) is 1. The lowest BCUT2D eigenvalue weighted by molar-refractivity contribution is 0.504. The van der Waals surface area contributed by atoms with Gasteiger partial charge in [-0.15, -0.1) is 0 Å². The Kier molecular flexibility index (Phi) is 4.15. The molecule has 1 N–H and O–H groups in total. The number of aryl methyl sites for hydroxylation is 2. The molecular weight excluding hydrogens is 380 g/mol. The van der Waals surface area contributed by atoms with E-state index in [0.717, 1.165) is 31.6 Å². The highest BCUT2D eigenvalue weighted by atomic mass is 79.9. The van der Waals surface area contributed by atoms with Crippen molar-refractivity contribution in [3.8, 4) is 0 Å². The summed E-state index contributed by atoms with van der Waals surface area (Å²) in [4.78, 5) is 17.9. The first-order chi connectivity index (χ1) is 12.1. The molecule has 3 aromatic rings. The molecular formula is C19H21BrN4O. The quantitative estimate of drug-likeness (QED) is 0.712. The Balaban J connectivity index is 1.58. The summed E-state index contributed by atoms with van der Waals surface area (Å²) >= 11 is 3.44. The molecule has 3 heterocycles. The normalized spacial score (nSPS) is 15.9. The monoisotopic (exact) mass is 400 g/mol. The summed E-state index contributed by atoms with van der Waals surface area (Å²) < 4.78 is 1.96. The molecule has 0 aliphatic carbocycles. The number of aromatic amines is 1. The van der Waals surface area contributed by atoms with Crippen LogP contribution in [0.2, 0.25) is 0 Å². The molecule has 1 aliphatic heterocycles. The van der Waals surface area contributed by atoms with Crippen LogP contribution in [-0.4, -0.2) is 27.9 Å². The number of anilines is 1. The van der Waals surface area contributed by atoms with Gasteiger partial charge in [-0.1, -0.05) is 18.2 Å². The van der Waals surface area contributed by atoms with Crippen LogP contribution in [0.4, 0.5) is 5.69 Å². The van der Waals surface area contributed by atoms with Crippen molar-refractivity contribution in [2.75, 3.05) is 18.0 Å². The molecule has 0 bridgehead atoms. The first-order valence-corrected chi connectivity index (χ1v) is 9.39. The number of aromatic nitrogens is 3. The minimum absolute atomic E-state index is 0.0907. The third-order valence-corrected chi connectivity index (χ3v) is 5.99. The van der Waals surface area contributed by atoms with Crippen molar-refractivity contribution < 1.29 is 0 Å². The molecule has 0 spiro atoms. The molecule has 130 valence electrons. The minimum Gasteiger partial charge on any atom is -0.369 e. The fourth-order valence-electron chi connectivity index (χ4n) is 3.96. The van der Waals surface area contributed by atoms with Gasteiger partial charge in [-0.3, -0.25) is 4.79 Å². The Labute approximate surface area is 154 Å². The second-order valence-electron chi connectivity index (χ2n) is 6.74. The van der Waals surface area contributed by atoms with Gasteiger partial charge in [-0.05, 0) is 53.2 Å². The zero-order valence-corrected chi connectivity index (χ0v) is 16.0. The third-order valence-electron chi connectivity index (χ3n) is 5.25. The van der Waals surface area contributed by atoms with Gasteiger partial charge in [0.25, 0.3) is 5.56 Å². The van der Waals surface area contributed by atoms with E-state index in [4.69, 9.17) is 0 Å². The third kappa shape index (κ3) is 2.78. The van der Waals surface area contributed by atoms with Crippen LogP contribution < -0.4 is 10.5 Å². The maximum atomic E-state index is 12.1. The minimum atomic E-state index is -0.0907. The standard InChI is InChI=1S/C19H21BrN4O/c1-12-17(14-5-3-4-6-15(14)22-12)13-7-9-24(10-8-13)16-11-21-23(2)19(25)18(16)20/h3-6,11,13,22H,7-10H2,1-2H3. The summed E-state index contributed by atoms with van der Waals surface area (Å²) in [6, 6.07) is 8.54. The van der Waals surface area contributed by atoms with E-state index in [1.165, 1.54) is 26.8 Å². The van der Waals surface area contributed by atoms with Crippen LogP contribution in [0.15, 0.2) is 39.7 Å². The van der Waals surface area contributed by atoms with Crippen LogP contribution >= 0.6 is 15.9 Å². The molecule has 0 radical (unpaired) electrons. The second-order valence-corrected chi connectivity index (χ2v) is 7.54. The van der Waals surface area contributed by atoms with Gasteiger partial charge in [0.1, 0.15) is 4.47 Å². The van der Waals surface area contributed by atoms with Crippen LogP contribution in [0.3, 0.4) is 0 Å². The molecule has 1 fully saturated rings. The molecule has 1 saturated heterocycles. The topological polar surface area (TPSA) is 53.9 Å². The average Bonchev–Trinajstić information content (AvgIpc) is 2.96. The fourth-order valence-corrected chi connectivity index (χ4v) is 4.57. The summed E-state index contributed by atoms with van der Waals surface area (Å²) in [5, 5.41) is 5.51. The Hall–Kier alpha value is -2.08. The lowest BCUT2D eigenvalue weighted by Gasteiger charge is -2.34. The number of hydrogen-bond acceptors (Lipinski definition) is 3. The first kappa shape index (κ1) is 16.4. The van der Waals surface area contributed by atoms with Gasteiger partial charge >= 0.3 is 0 Å². The Morgan fingerprint density at radius 3 is 2.72 bits per heavy atom. The van der Waals surface area contributed by atoms with E-state index < -0.39 is 0 Å². The summed E-state index contributed by atoms with van der Waals surface area (Å²) in [5.74, 6) is 0.547. The van der Waals surface area contributed by atoms with Crippen molar-refractivity contribution in [2.24, 2.45) is 7.05 Å². The van der Waals surface area contributed by atoms with Crippen LogP contribution in [0, 0.1) is 6.92 Å². The number of fused-ring (bicyclic) bond motifs is 1. The molecule has 4 rings (SSSR count). The molecule has 5 nitrogen and oxygen atoms in total. The predicted octanol–water partition coefficient (Wildman–Crippen LogP) is 3.72. The van der Waals surface area contributed by atoms with Crippen molar-refractivity contribution in [2.45, 2.75) is 25.7 Å². The zero-order valence-electron chi connectivity index (χ0n) is 14.4. The second kappa shape index (κ2) is 6.33. The van der Waals surface area contributed by atoms with E-state index in [1.807, 2.05) is 0 Å². The largest absolute Gasteiger partial charge is 0.369 e. The van der Waals surface area contributed by atoms with Crippen molar-refractivity contribution in [3.05, 3.63) is 56.5 Å². The van der Waals surface area contributed by atoms with Gasteiger partial charge in [0.2, 0.25) is 0 Å². The number of piperidine rings is 1. The summed E-state index contributed by atoms with van der Waals surface area (Å²) in [7, 11) is 1.67. The number of nitrogens with one attached hydrogen (secondary N) is 1. The number of para-hydroxylation sites is 1. The van der Waals surface area contributed by atoms with Crippen molar-refractivity contribution >= 4 is 32.5 Å². The Morgan fingerprint density at radius 1 is 1.24 bits per heavy atom. The van der Waals surface area contributed by atoms with Gasteiger partial charge in [0.05, 0.1) is 11.9 Å². The maximum absolute atomic E-state index is 12.1. The van der Waals surface area contributed by atoms with Gasteiger partial charge in [0.15, 0.2) is 0 Å². The lowest BCUT2D eigenvalue weighted by Crippen LogP contribution is -2.35. The summed E-state index contributed by atoms with van der Waals surface area (Å²) in [5.41, 5.74) is 4.76. The van der Waals surface area contributed by atoms with Gasteiger partial charge in [0, 0.05) is 36.7 Å². The number of H-pyrrole nitrogens is 1. The SMILES string of the molecule is Cc1[nH]c2ccccc2c1C1CCN(c2cnn(C)c(=O)c2Br)CC1. The van der Waals surface area contributed by atoms with E-state index in [9.17, 15) is 4.79 Å². The van der Waals surface area contributed by atoms with Crippen LogP contribution in [-0.2, 0) is 7.05 Å². The molecule has 1 aliphatic rings. The number of benzene rings is 1. The number of nitrogens with zero attached hydrogens (tertiary/aromatic N) is 3. The van der Waals surface area contributed by atoms with E-state index in [-0.39, 0.29) is 5.56 Å². The molecule has 2 aromatic heterocycles. The highest BCUT2D eigenvalue weighted by Gasteiger charge is 2.26. The molecule has 6 heteroatoms. The average molecular weight is 401 g/mol. The van der Waals surface area contributed by atoms with E-state index >= 15 is 0 Å². The summed E-state index contributed by atoms with van der Waals surface area (Å²) in [6.45, 7) is 4.03. The van der Waals surface area contributed by atoms with Crippen molar-refractivity contribution in [1.29, 1.82) is 0 Å². The lowest BCUT2D eigenvalue weighted by atomic mass is 9.87. The maximum Gasteiger partial charge on any atom is 0.282 e. The van der Waals surface area contributed by atoms with E-state index in [2.05, 4.69) is 62.1 Å². The number of rotatable bonds is 2. The molecule has 0 atom stereocenters. The van der Waals surface area contributed by atoms with Crippen molar-refractivity contribution in [3.63, 3.8) is 0 Å². The van der Waals surface area contributed by atoms with Crippen LogP contribution in [0.1, 0.15) is 30.0 Å². The van der Waals surface area contributed by atoms with Crippen LogP contribution in [0.5, 0.6) is 0 Å². The molecule has 25 heavy (non-hydrogen) atoms. The van der Waals surface area contributed by atoms with E-state index in [0.29, 0.717) is 10.4 Å².